The van der Waals surface area contributed by atoms with E-state index in [0.29, 0.717) is 11.8 Å². The lowest BCUT2D eigenvalue weighted by molar-refractivity contribution is 0.344. The molecule has 0 fully saturated rings. The SMILES string of the molecule is C=C(O[Si](C)(C)C(C)(C)C)C1=C[C@@H]([C@@H](C)CI)CC[C@@H]1C. The molecule has 0 aromatic heterocycles. The highest BCUT2D eigenvalue weighted by Crippen LogP contribution is 2.41. The number of halogens is 1. The molecule has 0 N–H and O–H groups in total. The molecule has 0 radical (unpaired) electrons. The van der Waals surface area contributed by atoms with Crippen LogP contribution in [0.4, 0.5) is 0 Å². The highest BCUT2D eigenvalue weighted by Gasteiger charge is 2.40. The molecule has 0 aromatic rings. The van der Waals surface area contributed by atoms with Crippen LogP contribution in [0.1, 0.15) is 47.5 Å². The van der Waals surface area contributed by atoms with E-state index in [1.54, 1.807) is 0 Å². The lowest BCUT2D eigenvalue weighted by Crippen LogP contribution is -2.40. The van der Waals surface area contributed by atoms with Crippen LogP contribution < -0.4 is 0 Å². The second-order valence-electron chi connectivity index (χ2n) is 8.18. The third-order valence-electron chi connectivity index (χ3n) is 5.34. The van der Waals surface area contributed by atoms with Crippen molar-refractivity contribution in [3.8, 4) is 0 Å². The molecule has 122 valence electrons. The molecule has 0 spiro atoms. The average Bonchev–Trinajstić information content (AvgIpc) is 2.36. The van der Waals surface area contributed by atoms with Crippen molar-refractivity contribution in [1.29, 1.82) is 0 Å². The second-order valence-corrected chi connectivity index (χ2v) is 13.8. The average molecular weight is 420 g/mol. The van der Waals surface area contributed by atoms with E-state index in [1.165, 1.54) is 22.8 Å². The van der Waals surface area contributed by atoms with Crippen LogP contribution in [0.25, 0.3) is 0 Å². The number of alkyl halides is 1. The Hall–Kier alpha value is 0.227. The van der Waals surface area contributed by atoms with Gasteiger partial charge in [-0.2, -0.15) is 0 Å². The van der Waals surface area contributed by atoms with Crippen molar-refractivity contribution in [2.24, 2.45) is 17.8 Å². The van der Waals surface area contributed by atoms with Crippen LogP contribution in [-0.4, -0.2) is 12.7 Å². The minimum Gasteiger partial charge on any atom is -0.544 e. The summed E-state index contributed by atoms with van der Waals surface area (Å²) in [5, 5.41) is 0.226. The molecule has 1 aliphatic carbocycles. The van der Waals surface area contributed by atoms with E-state index in [9.17, 15) is 0 Å². The van der Waals surface area contributed by atoms with Gasteiger partial charge in [0.05, 0.1) is 5.76 Å². The van der Waals surface area contributed by atoms with Crippen LogP contribution >= 0.6 is 22.6 Å². The largest absolute Gasteiger partial charge is 0.544 e. The zero-order valence-electron chi connectivity index (χ0n) is 14.9. The Kier molecular flexibility index (Phi) is 6.61. The fraction of sp³-hybridized carbons (Fsp3) is 0.778. The Morgan fingerprint density at radius 3 is 2.48 bits per heavy atom. The molecule has 21 heavy (non-hydrogen) atoms. The van der Waals surface area contributed by atoms with Gasteiger partial charge in [0.25, 0.3) is 0 Å². The van der Waals surface area contributed by atoms with Crippen molar-refractivity contribution in [2.75, 3.05) is 4.43 Å². The van der Waals surface area contributed by atoms with Gasteiger partial charge >= 0.3 is 0 Å². The van der Waals surface area contributed by atoms with Crippen LogP contribution in [0.2, 0.25) is 18.1 Å². The second kappa shape index (κ2) is 7.20. The van der Waals surface area contributed by atoms with Gasteiger partial charge in [0.15, 0.2) is 0 Å². The maximum atomic E-state index is 6.45. The van der Waals surface area contributed by atoms with Gasteiger partial charge in [0.1, 0.15) is 0 Å². The summed E-state index contributed by atoms with van der Waals surface area (Å²) < 4.78 is 7.67. The first-order valence-corrected chi connectivity index (χ1v) is 12.6. The van der Waals surface area contributed by atoms with Crippen LogP contribution in [-0.2, 0) is 4.43 Å². The van der Waals surface area contributed by atoms with Gasteiger partial charge in [0, 0.05) is 4.43 Å². The van der Waals surface area contributed by atoms with Crippen molar-refractivity contribution in [3.63, 3.8) is 0 Å². The Morgan fingerprint density at radius 1 is 1.43 bits per heavy atom. The molecular formula is C18H33IOSi. The molecule has 3 heteroatoms. The van der Waals surface area contributed by atoms with Crippen molar-refractivity contribution < 1.29 is 4.43 Å². The molecule has 1 rings (SSSR count). The topological polar surface area (TPSA) is 9.23 Å². The fourth-order valence-corrected chi connectivity index (χ4v) is 4.22. The number of rotatable bonds is 5. The van der Waals surface area contributed by atoms with Crippen molar-refractivity contribution in [3.05, 3.63) is 24.0 Å². The van der Waals surface area contributed by atoms with E-state index >= 15 is 0 Å². The summed E-state index contributed by atoms with van der Waals surface area (Å²) in [5.74, 6) is 2.96. The summed E-state index contributed by atoms with van der Waals surface area (Å²) in [6.45, 7) is 20.4. The predicted octanol–water partition coefficient (Wildman–Crippen LogP) is 6.57. The summed E-state index contributed by atoms with van der Waals surface area (Å²) in [4.78, 5) is 0. The quantitative estimate of drug-likeness (QED) is 0.212. The van der Waals surface area contributed by atoms with E-state index in [-0.39, 0.29) is 5.04 Å². The molecule has 0 aromatic carbocycles. The smallest absolute Gasteiger partial charge is 0.250 e. The molecule has 0 saturated heterocycles. The molecule has 1 nitrogen and oxygen atoms in total. The molecule has 3 atom stereocenters. The van der Waals surface area contributed by atoms with Gasteiger partial charge < -0.3 is 4.43 Å². The van der Waals surface area contributed by atoms with Gasteiger partial charge in [-0.05, 0) is 54.3 Å². The molecule has 0 amide bonds. The maximum Gasteiger partial charge on any atom is 0.250 e. The van der Waals surface area contributed by atoms with Gasteiger partial charge in [-0.1, -0.05) is 69.9 Å². The van der Waals surface area contributed by atoms with Crippen LogP contribution in [0.3, 0.4) is 0 Å². The third-order valence-corrected chi connectivity index (χ3v) is 11.1. The van der Waals surface area contributed by atoms with Crippen LogP contribution in [0.15, 0.2) is 24.0 Å². The van der Waals surface area contributed by atoms with Crippen LogP contribution in [0, 0.1) is 17.8 Å². The van der Waals surface area contributed by atoms with Crippen molar-refractivity contribution in [2.45, 2.75) is 65.6 Å². The minimum atomic E-state index is -1.78. The normalized spacial score (nSPS) is 25.2. The Bertz CT molecular complexity index is 406. The Balaban J connectivity index is 2.91. The minimum absolute atomic E-state index is 0.226. The molecule has 0 saturated carbocycles. The molecule has 1 aliphatic rings. The van der Waals surface area contributed by atoms with Gasteiger partial charge in [0.2, 0.25) is 8.32 Å². The van der Waals surface area contributed by atoms with Gasteiger partial charge in [-0.3, -0.25) is 0 Å². The van der Waals surface area contributed by atoms with Crippen molar-refractivity contribution in [1.82, 2.24) is 0 Å². The summed E-state index contributed by atoms with van der Waals surface area (Å²) in [7, 11) is -1.78. The molecule has 0 aliphatic heterocycles. The zero-order valence-corrected chi connectivity index (χ0v) is 18.1. The lowest BCUT2D eigenvalue weighted by Gasteiger charge is -2.39. The lowest BCUT2D eigenvalue weighted by atomic mass is 9.78. The van der Waals surface area contributed by atoms with E-state index in [4.69, 9.17) is 4.43 Å². The number of hydrogen-bond donors (Lipinski definition) is 0. The standard InChI is InChI=1S/C18H33IOSi/c1-13-9-10-16(14(2)12-19)11-17(13)15(3)20-21(7,8)18(4,5)6/h11,13-14,16H,3,9-10,12H2,1-2,4-8H3/t13-,14-,16-/m0/s1. The summed E-state index contributed by atoms with van der Waals surface area (Å²) in [5.41, 5.74) is 1.37. The van der Waals surface area contributed by atoms with Crippen LogP contribution in [0.5, 0.6) is 0 Å². The summed E-state index contributed by atoms with van der Waals surface area (Å²) >= 11 is 2.50. The third kappa shape index (κ3) is 4.85. The predicted molar refractivity (Wildman–Crippen MR) is 105 cm³/mol. The number of allylic oxidation sites excluding steroid dienone is 2. The molecule has 0 unspecified atom stereocenters. The van der Waals surface area contributed by atoms with E-state index in [1.807, 2.05) is 0 Å². The van der Waals surface area contributed by atoms with E-state index in [0.717, 1.165) is 11.7 Å². The number of hydrogen-bond acceptors (Lipinski definition) is 1. The van der Waals surface area contributed by atoms with E-state index < -0.39 is 8.32 Å². The fourth-order valence-electron chi connectivity index (χ4n) is 2.53. The maximum absolute atomic E-state index is 6.45. The highest BCUT2D eigenvalue weighted by atomic mass is 127. The first-order valence-electron chi connectivity index (χ1n) is 8.15. The van der Waals surface area contributed by atoms with E-state index in [2.05, 4.69) is 83.0 Å². The monoisotopic (exact) mass is 420 g/mol. The summed E-state index contributed by atoms with van der Waals surface area (Å²) in [6, 6.07) is 0. The molecule has 0 bridgehead atoms. The Morgan fingerprint density at radius 2 is 2.00 bits per heavy atom. The Labute approximate surface area is 146 Å². The first kappa shape index (κ1) is 19.3. The van der Waals surface area contributed by atoms with Gasteiger partial charge in [-0.25, -0.2) is 0 Å². The van der Waals surface area contributed by atoms with Crippen molar-refractivity contribution >= 4 is 30.9 Å². The molecular weight excluding hydrogens is 387 g/mol. The zero-order chi connectivity index (χ0) is 16.4. The summed E-state index contributed by atoms with van der Waals surface area (Å²) in [6.07, 6.45) is 5.03. The first-order chi connectivity index (χ1) is 9.49. The molecule has 0 heterocycles. The van der Waals surface area contributed by atoms with Gasteiger partial charge in [-0.15, -0.1) is 0 Å². The highest BCUT2D eigenvalue weighted by molar-refractivity contribution is 14.1.